The van der Waals surface area contributed by atoms with Crippen LogP contribution in [0.15, 0.2) is 42.6 Å². The number of hydrogen-bond donors (Lipinski definition) is 2. The van der Waals surface area contributed by atoms with Crippen molar-refractivity contribution >= 4 is 17.4 Å². The van der Waals surface area contributed by atoms with Crippen LogP contribution in [0, 0.1) is 0 Å². The maximum Gasteiger partial charge on any atom is 0.256 e. The van der Waals surface area contributed by atoms with E-state index in [1.165, 1.54) is 0 Å². The molecule has 0 aliphatic carbocycles. The fourth-order valence-corrected chi connectivity index (χ4v) is 1.91. The van der Waals surface area contributed by atoms with Crippen LogP contribution in [-0.2, 0) is 0 Å². The first-order chi connectivity index (χ1) is 10.7. The van der Waals surface area contributed by atoms with Gasteiger partial charge in [-0.3, -0.25) is 4.79 Å². The van der Waals surface area contributed by atoms with Crippen molar-refractivity contribution in [2.75, 3.05) is 24.3 Å². The van der Waals surface area contributed by atoms with E-state index in [0.29, 0.717) is 11.4 Å². The number of benzene rings is 1. The summed E-state index contributed by atoms with van der Waals surface area (Å²) < 4.78 is 5.07. The summed E-state index contributed by atoms with van der Waals surface area (Å²) in [5.74, 6) is 1.06. The van der Waals surface area contributed by atoms with Crippen molar-refractivity contribution in [3.63, 3.8) is 0 Å². The Labute approximate surface area is 130 Å². The summed E-state index contributed by atoms with van der Waals surface area (Å²) in [4.78, 5) is 16.3. The zero-order valence-corrected chi connectivity index (χ0v) is 12.9. The quantitative estimate of drug-likeness (QED) is 0.767. The molecule has 1 heterocycles. The number of unbranched alkanes of at least 4 members (excludes halogenated alkanes) is 1. The minimum absolute atomic E-state index is 0.193. The van der Waals surface area contributed by atoms with E-state index in [1.807, 2.05) is 6.07 Å². The Morgan fingerprint density at radius 2 is 1.95 bits per heavy atom. The molecule has 0 saturated carbocycles. The van der Waals surface area contributed by atoms with E-state index in [1.54, 1.807) is 43.6 Å². The number of aromatic nitrogens is 1. The molecule has 0 radical (unpaired) electrons. The molecule has 2 rings (SSSR count). The van der Waals surface area contributed by atoms with Crippen LogP contribution >= 0.6 is 0 Å². The predicted octanol–water partition coefficient (Wildman–Crippen LogP) is 3.55. The summed E-state index contributed by atoms with van der Waals surface area (Å²) in [5.41, 5.74) is 1.52. The monoisotopic (exact) mass is 299 g/mol. The highest BCUT2D eigenvalue weighted by atomic mass is 16.5. The third kappa shape index (κ3) is 4.48. The topological polar surface area (TPSA) is 63.2 Å². The summed E-state index contributed by atoms with van der Waals surface area (Å²) in [6, 6.07) is 10.6. The van der Waals surface area contributed by atoms with Crippen LogP contribution in [0.2, 0.25) is 0 Å². The van der Waals surface area contributed by atoms with Crippen molar-refractivity contribution < 1.29 is 9.53 Å². The smallest absolute Gasteiger partial charge is 0.256 e. The minimum atomic E-state index is -0.193. The zero-order chi connectivity index (χ0) is 15.8. The van der Waals surface area contributed by atoms with Crippen molar-refractivity contribution in [2.45, 2.75) is 19.8 Å². The first-order valence-corrected chi connectivity index (χ1v) is 7.38. The molecule has 0 saturated heterocycles. The average Bonchev–Trinajstić information content (AvgIpc) is 2.57. The maximum atomic E-state index is 12.1. The third-order valence-electron chi connectivity index (χ3n) is 3.22. The van der Waals surface area contributed by atoms with E-state index < -0.39 is 0 Å². The second-order valence-corrected chi connectivity index (χ2v) is 4.90. The van der Waals surface area contributed by atoms with Gasteiger partial charge >= 0.3 is 0 Å². The largest absolute Gasteiger partial charge is 0.497 e. The summed E-state index contributed by atoms with van der Waals surface area (Å²) in [6.45, 7) is 3.08. The van der Waals surface area contributed by atoms with Gasteiger partial charge < -0.3 is 15.4 Å². The Kier molecular flexibility index (Phi) is 5.77. The molecule has 0 unspecified atom stereocenters. The number of nitrogens with zero attached hydrogens (tertiary/aromatic N) is 1. The van der Waals surface area contributed by atoms with Crippen LogP contribution in [0.3, 0.4) is 0 Å². The van der Waals surface area contributed by atoms with Gasteiger partial charge in [-0.2, -0.15) is 0 Å². The van der Waals surface area contributed by atoms with E-state index in [9.17, 15) is 4.79 Å². The van der Waals surface area contributed by atoms with Gasteiger partial charge in [0.1, 0.15) is 11.6 Å². The maximum absolute atomic E-state index is 12.1. The summed E-state index contributed by atoms with van der Waals surface area (Å²) in [7, 11) is 1.59. The fraction of sp³-hybridized carbons (Fsp3) is 0.294. The van der Waals surface area contributed by atoms with E-state index in [0.717, 1.165) is 30.8 Å². The minimum Gasteiger partial charge on any atom is -0.497 e. The van der Waals surface area contributed by atoms with Crippen LogP contribution in [0.4, 0.5) is 11.5 Å². The number of nitrogens with one attached hydrogen (secondary N) is 2. The highest BCUT2D eigenvalue weighted by Gasteiger charge is 2.06. The van der Waals surface area contributed by atoms with Gasteiger partial charge in [-0.1, -0.05) is 13.3 Å². The lowest BCUT2D eigenvalue weighted by molar-refractivity contribution is 0.102. The molecule has 5 nitrogen and oxygen atoms in total. The number of anilines is 2. The zero-order valence-electron chi connectivity index (χ0n) is 12.9. The molecule has 0 fully saturated rings. The second-order valence-electron chi connectivity index (χ2n) is 4.90. The number of methoxy groups -OCH3 is 1. The molecule has 22 heavy (non-hydrogen) atoms. The van der Waals surface area contributed by atoms with Crippen LogP contribution in [0.5, 0.6) is 5.75 Å². The van der Waals surface area contributed by atoms with Crippen molar-refractivity contribution in [1.82, 2.24) is 4.98 Å². The van der Waals surface area contributed by atoms with Gasteiger partial charge in [-0.25, -0.2) is 4.98 Å². The first-order valence-electron chi connectivity index (χ1n) is 7.38. The molecular formula is C17H21N3O2. The number of carbonyl (C=O) groups excluding carboxylic acids is 1. The highest BCUT2D eigenvalue weighted by molar-refractivity contribution is 6.03. The SMILES string of the molecule is CCCCNc1ccc(NC(=O)c2ccc(OC)cc2)nc1. The number of amides is 1. The van der Waals surface area contributed by atoms with Crippen molar-refractivity contribution in [3.8, 4) is 5.75 Å². The van der Waals surface area contributed by atoms with E-state index >= 15 is 0 Å². The van der Waals surface area contributed by atoms with Gasteiger partial charge in [-0.15, -0.1) is 0 Å². The van der Waals surface area contributed by atoms with Crippen LogP contribution in [-0.4, -0.2) is 24.5 Å². The van der Waals surface area contributed by atoms with Crippen LogP contribution < -0.4 is 15.4 Å². The number of rotatable bonds is 7. The summed E-state index contributed by atoms with van der Waals surface area (Å²) in [5, 5.41) is 6.05. The Morgan fingerprint density at radius 1 is 1.18 bits per heavy atom. The molecule has 0 aliphatic rings. The van der Waals surface area contributed by atoms with E-state index in [2.05, 4.69) is 22.5 Å². The molecule has 0 bridgehead atoms. The standard InChI is InChI=1S/C17H21N3O2/c1-3-4-11-18-14-7-10-16(19-12-14)20-17(21)13-5-8-15(22-2)9-6-13/h5-10,12,18H,3-4,11H2,1-2H3,(H,19,20,21). The number of ether oxygens (including phenoxy) is 1. The summed E-state index contributed by atoms with van der Waals surface area (Å²) in [6.07, 6.45) is 3.99. The van der Waals surface area contributed by atoms with Crippen molar-refractivity contribution in [3.05, 3.63) is 48.2 Å². The van der Waals surface area contributed by atoms with Crippen molar-refractivity contribution in [2.24, 2.45) is 0 Å². The van der Waals surface area contributed by atoms with Gasteiger partial charge in [0, 0.05) is 12.1 Å². The van der Waals surface area contributed by atoms with Crippen LogP contribution in [0.1, 0.15) is 30.1 Å². The summed E-state index contributed by atoms with van der Waals surface area (Å²) >= 11 is 0. The molecule has 0 atom stereocenters. The molecule has 0 aliphatic heterocycles. The Bertz CT molecular complexity index is 594. The predicted molar refractivity (Wildman–Crippen MR) is 88.6 cm³/mol. The lowest BCUT2D eigenvalue weighted by atomic mass is 10.2. The molecule has 2 N–H and O–H groups in total. The van der Waals surface area contributed by atoms with E-state index in [4.69, 9.17) is 4.74 Å². The second kappa shape index (κ2) is 8.02. The lowest BCUT2D eigenvalue weighted by Gasteiger charge is -2.08. The van der Waals surface area contributed by atoms with Gasteiger partial charge in [0.15, 0.2) is 0 Å². The molecule has 116 valence electrons. The fourth-order valence-electron chi connectivity index (χ4n) is 1.91. The Morgan fingerprint density at radius 3 is 2.55 bits per heavy atom. The highest BCUT2D eigenvalue weighted by Crippen LogP contribution is 2.14. The average molecular weight is 299 g/mol. The Balaban J connectivity index is 1.93. The Hall–Kier alpha value is -2.56. The van der Waals surface area contributed by atoms with Gasteiger partial charge in [0.25, 0.3) is 5.91 Å². The first kappa shape index (κ1) is 15.8. The molecule has 5 heteroatoms. The molecule has 1 amide bonds. The number of pyridine rings is 1. The molecular weight excluding hydrogens is 278 g/mol. The molecule has 1 aromatic heterocycles. The van der Waals surface area contributed by atoms with Crippen LogP contribution in [0.25, 0.3) is 0 Å². The number of carbonyl (C=O) groups is 1. The van der Waals surface area contributed by atoms with E-state index in [-0.39, 0.29) is 5.91 Å². The molecule has 1 aromatic carbocycles. The van der Waals surface area contributed by atoms with Gasteiger partial charge in [0.2, 0.25) is 0 Å². The molecule has 2 aromatic rings. The van der Waals surface area contributed by atoms with Gasteiger partial charge in [-0.05, 0) is 42.8 Å². The lowest BCUT2D eigenvalue weighted by Crippen LogP contribution is -2.13. The number of hydrogen-bond acceptors (Lipinski definition) is 4. The molecule has 0 spiro atoms. The van der Waals surface area contributed by atoms with Crippen molar-refractivity contribution in [1.29, 1.82) is 0 Å². The normalized spacial score (nSPS) is 10.1. The third-order valence-corrected chi connectivity index (χ3v) is 3.22. The van der Waals surface area contributed by atoms with Gasteiger partial charge in [0.05, 0.1) is 19.0 Å².